The highest BCUT2D eigenvalue weighted by Crippen LogP contribution is 2.11. The monoisotopic (exact) mass is 335 g/mol. The predicted octanol–water partition coefficient (Wildman–Crippen LogP) is 2.12. The first-order valence-corrected chi connectivity index (χ1v) is 9.74. The number of hydrogen-bond acceptors (Lipinski definition) is 3. The number of sulfone groups is 1. The minimum atomic E-state index is -3.21. The topological polar surface area (TPSA) is 70.6 Å². The van der Waals surface area contributed by atoms with Gasteiger partial charge in [0.25, 0.3) is 0 Å². The molecular formula is C17H25N3O2S. The van der Waals surface area contributed by atoms with E-state index in [2.05, 4.69) is 27.8 Å². The number of rotatable bonds is 7. The van der Waals surface area contributed by atoms with Crippen LogP contribution < -0.4 is 10.6 Å². The second-order valence-electron chi connectivity index (χ2n) is 5.53. The number of benzene rings is 1. The number of nitrogens with zero attached hydrogens (tertiary/aromatic N) is 1. The largest absolute Gasteiger partial charge is 0.357 e. The third-order valence-corrected chi connectivity index (χ3v) is 5.45. The minimum Gasteiger partial charge on any atom is -0.357 e. The molecular weight excluding hydrogens is 310 g/mol. The van der Waals surface area contributed by atoms with Crippen LogP contribution in [0, 0.1) is 0 Å². The van der Waals surface area contributed by atoms with Crippen molar-refractivity contribution in [3.05, 3.63) is 42.5 Å². The van der Waals surface area contributed by atoms with Crippen LogP contribution in [-0.2, 0) is 9.84 Å². The van der Waals surface area contributed by atoms with E-state index in [-0.39, 0.29) is 5.75 Å². The lowest BCUT2D eigenvalue weighted by Gasteiger charge is -2.16. The number of aliphatic imine (C=N–C) groups is 1. The molecule has 6 heteroatoms. The number of nitrogens with one attached hydrogen (secondary N) is 2. The Balaban J connectivity index is 1.83. The van der Waals surface area contributed by atoms with Crippen molar-refractivity contribution in [2.24, 2.45) is 4.99 Å². The predicted molar refractivity (Wildman–Crippen MR) is 94.4 cm³/mol. The Bertz CT molecular complexity index is 631. The van der Waals surface area contributed by atoms with Crippen LogP contribution >= 0.6 is 0 Å². The van der Waals surface area contributed by atoms with Gasteiger partial charge in [-0.3, -0.25) is 4.99 Å². The maximum Gasteiger partial charge on any atom is 0.191 e. The Morgan fingerprint density at radius 3 is 2.57 bits per heavy atom. The van der Waals surface area contributed by atoms with Crippen molar-refractivity contribution < 1.29 is 8.42 Å². The summed E-state index contributed by atoms with van der Waals surface area (Å²) in [5.41, 5.74) is 0. The van der Waals surface area contributed by atoms with Gasteiger partial charge in [-0.25, -0.2) is 8.42 Å². The number of guanidine groups is 1. The number of hydrogen-bond donors (Lipinski definition) is 2. The minimum absolute atomic E-state index is 0.116. The molecule has 1 aromatic rings. The molecule has 1 aliphatic rings. The standard InChI is InChI=1S/C17H25N3O2S/c1-2-18-17(20-15-9-6-7-10-15)19-13-8-14-23(21,22)16-11-4-3-5-12-16/h3-7,11-12,15H,2,8-10,13-14H2,1H3,(H2,18,19,20). The fourth-order valence-electron chi connectivity index (χ4n) is 2.44. The van der Waals surface area contributed by atoms with Crippen LogP contribution in [0.25, 0.3) is 0 Å². The second-order valence-corrected chi connectivity index (χ2v) is 7.64. The molecule has 1 aromatic carbocycles. The van der Waals surface area contributed by atoms with Crippen molar-refractivity contribution in [2.75, 3.05) is 18.8 Å². The molecule has 0 saturated carbocycles. The molecule has 2 rings (SSSR count). The van der Waals surface area contributed by atoms with E-state index < -0.39 is 9.84 Å². The summed E-state index contributed by atoms with van der Waals surface area (Å²) in [6.45, 7) is 3.29. The molecule has 0 atom stereocenters. The molecule has 0 aliphatic heterocycles. The Morgan fingerprint density at radius 2 is 1.91 bits per heavy atom. The molecule has 0 saturated heterocycles. The van der Waals surface area contributed by atoms with Crippen molar-refractivity contribution in [2.45, 2.75) is 37.1 Å². The Labute approximate surface area is 138 Å². The van der Waals surface area contributed by atoms with Gasteiger partial charge in [-0.15, -0.1) is 0 Å². The molecule has 0 amide bonds. The van der Waals surface area contributed by atoms with Gasteiger partial charge in [0.05, 0.1) is 10.6 Å². The first kappa shape index (κ1) is 17.5. The molecule has 23 heavy (non-hydrogen) atoms. The third kappa shape index (κ3) is 5.71. The van der Waals surface area contributed by atoms with E-state index >= 15 is 0 Å². The van der Waals surface area contributed by atoms with Crippen LogP contribution in [0.5, 0.6) is 0 Å². The molecule has 0 aromatic heterocycles. The molecule has 1 aliphatic carbocycles. The molecule has 126 valence electrons. The van der Waals surface area contributed by atoms with Crippen LogP contribution in [-0.4, -0.2) is 39.3 Å². The highest BCUT2D eigenvalue weighted by molar-refractivity contribution is 7.91. The lowest BCUT2D eigenvalue weighted by Crippen LogP contribution is -2.42. The summed E-state index contributed by atoms with van der Waals surface area (Å²) in [4.78, 5) is 4.86. The third-order valence-electron chi connectivity index (χ3n) is 3.64. The van der Waals surface area contributed by atoms with Crippen molar-refractivity contribution in [3.63, 3.8) is 0 Å². The summed E-state index contributed by atoms with van der Waals surface area (Å²) < 4.78 is 24.4. The summed E-state index contributed by atoms with van der Waals surface area (Å²) in [7, 11) is -3.21. The maximum absolute atomic E-state index is 12.2. The summed E-state index contributed by atoms with van der Waals surface area (Å²) in [6, 6.07) is 8.96. The van der Waals surface area contributed by atoms with Crippen LogP contribution in [0.15, 0.2) is 52.4 Å². The van der Waals surface area contributed by atoms with Gasteiger partial charge < -0.3 is 10.6 Å². The first-order chi connectivity index (χ1) is 11.1. The lowest BCUT2D eigenvalue weighted by molar-refractivity contribution is 0.593. The zero-order valence-electron chi connectivity index (χ0n) is 13.5. The highest BCUT2D eigenvalue weighted by Gasteiger charge is 2.14. The van der Waals surface area contributed by atoms with Gasteiger partial charge in [0.1, 0.15) is 0 Å². The van der Waals surface area contributed by atoms with E-state index in [0.717, 1.165) is 25.3 Å². The molecule has 0 spiro atoms. The average Bonchev–Trinajstić information content (AvgIpc) is 3.05. The molecule has 0 fully saturated rings. The Hall–Kier alpha value is -1.82. The van der Waals surface area contributed by atoms with Gasteiger partial charge in [-0.1, -0.05) is 30.4 Å². The molecule has 0 heterocycles. The fourth-order valence-corrected chi connectivity index (χ4v) is 3.76. The van der Waals surface area contributed by atoms with Crippen molar-refractivity contribution in [1.29, 1.82) is 0 Å². The van der Waals surface area contributed by atoms with Gasteiger partial charge in [0, 0.05) is 19.1 Å². The van der Waals surface area contributed by atoms with Crippen LogP contribution in [0.2, 0.25) is 0 Å². The SMILES string of the molecule is CCNC(=NCCCS(=O)(=O)c1ccccc1)NC1CC=CC1. The zero-order valence-corrected chi connectivity index (χ0v) is 14.3. The lowest BCUT2D eigenvalue weighted by atomic mass is 10.2. The van der Waals surface area contributed by atoms with Gasteiger partial charge >= 0.3 is 0 Å². The Kier molecular flexibility index (Phi) is 6.65. The van der Waals surface area contributed by atoms with Gasteiger partial charge in [-0.2, -0.15) is 0 Å². The first-order valence-electron chi connectivity index (χ1n) is 8.09. The second kappa shape index (κ2) is 8.72. The van der Waals surface area contributed by atoms with E-state index in [4.69, 9.17) is 0 Å². The van der Waals surface area contributed by atoms with Crippen LogP contribution in [0.4, 0.5) is 0 Å². The van der Waals surface area contributed by atoms with E-state index in [1.54, 1.807) is 24.3 Å². The van der Waals surface area contributed by atoms with Gasteiger partial charge in [0.2, 0.25) is 0 Å². The van der Waals surface area contributed by atoms with E-state index in [1.165, 1.54) is 0 Å². The van der Waals surface area contributed by atoms with Crippen molar-refractivity contribution >= 4 is 15.8 Å². The highest BCUT2D eigenvalue weighted by atomic mass is 32.2. The van der Waals surface area contributed by atoms with Gasteiger partial charge in [-0.05, 0) is 38.3 Å². The smallest absolute Gasteiger partial charge is 0.191 e. The summed E-state index contributed by atoms with van der Waals surface area (Å²) in [6.07, 6.45) is 6.84. The van der Waals surface area contributed by atoms with E-state index in [1.807, 2.05) is 13.0 Å². The van der Waals surface area contributed by atoms with Crippen molar-refractivity contribution in [3.8, 4) is 0 Å². The summed E-state index contributed by atoms with van der Waals surface area (Å²) >= 11 is 0. The molecule has 0 unspecified atom stereocenters. The molecule has 0 radical (unpaired) electrons. The van der Waals surface area contributed by atoms with Crippen molar-refractivity contribution in [1.82, 2.24) is 10.6 Å². The van der Waals surface area contributed by atoms with Crippen LogP contribution in [0.1, 0.15) is 26.2 Å². The average molecular weight is 335 g/mol. The fraction of sp³-hybridized carbons (Fsp3) is 0.471. The summed E-state index contributed by atoms with van der Waals surface area (Å²) in [5.74, 6) is 0.878. The van der Waals surface area contributed by atoms with Gasteiger partial charge in [0.15, 0.2) is 15.8 Å². The maximum atomic E-state index is 12.2. The van der Waals surface area contributed by atoms with E-state index in [9.17, 15) is 8.42 Å². The normalized spacial score (nSPS) is 15.8. The Morgan fingerprint density at radius 1 is 1.22 bits per heavy atom. The molecule has 2 N–H and O–H groups in total. The quantitative estimate of drug-likeness (QED) is 0.347. The molecule has 5 nitrogen and oxygen atoms in total. The summed E-state index contributed by atoms with van der Waals surface area (Å²) in [5, 5.41) is 6.57. The van der Waals surface area contributed by atoms with Crippen LogP contribution in [0.3, 0.4) is 0 Å². The van der Waals surface area contributed by atoms with E-state index in [0.29, 0.717) is 23.9 Å². The molecule has 0 bridgehead atoms. The zero-order chi connectivity index (χ0) is 16.5.